The van der Waals surface area contributed by atoms with Crippen molar-refractivity contribution in [2.45, 2.75) is 69.9 Å². The molecule has 2 fully saturated rings. The van der Waals surface area contributed by atoms with Crippen molar-refractivity contribution in [1.29, 1.82) is 0 Å². The zero-order valence-corrected chi connectivity index (χ0v) is 21.3. The second-order valence-electron chi connectivity index (χ2n) is 11.4. The molecule has 0 unspecified atom stereocenters. The fourth-order valence-electron chi connectivity index (χ4n) is 7.50. The highest BCUT2D eigenvalue weighted by atomic mass is 16.6. The summed E-state index contributed by atoms with van der Waals surface area (Å²) in [5, 5.41) is 34.3. The van der Waals surface area contributed by atoms with E-state index in [0.29, 0.717) is 11.1 Å². The van der Waals surface area contributed by atoms with Gasteiger partial charge in [0.15, 0.2) is 11.4 Å². The first kappa shape index (κ1) is 26.9. The number of fused-ring (bicyclic) bond motifs is 5. The second kappa shape index (κ2) is 8.73. The van der Waals surface area contributed by atoms with Crippen LogP contribution in [0.4, 0.5) is 0 Å². The van der Waals surface area contributed by atoms with E-state index in [-0.39, 0.29) is 32.4 Å². The van der Waals surface area contributed by atoms with Crippen LogP contribution in [0.25, 0.3) is 0 Å². The molecular formula is C26H38N2O8. The van der Waals surface area contributed by atoms with Gasteiger partial charge in [0.1, 0.15) is 11.7 Å². The van der Waals surface area contributed by atoms with Gasteiger partial charge in [-0.2, -0.15) is 0 Å². The molecule has 0 aromatic rings. The van der Waals surface area contributed by atoms with Gasteiger partial charge >= 0.3 is 11.9 Å². The number of esters is 2. The number of ketones is 1. The number of carbonyl (C=O) groups excluding carboxylic acids is 3. The minimum Gasteiger partial charge on any atom is -0.458 e. The third-order valence-corrected chi connectivity index (χ3v) is 9.20. The van der Waals surface area contributed by atoms with Gasteiger partial charge in [0.05, 0.1) is 25.0 Å². The van der Waals surface area contributed by atoms with Crippen LogP contribution in [-0.2, 0) is 23.9 Å². The standard InChI is InChI=1S/C26H38N2O8/c1-13-9-17-24(33,21(13)32)11-15(12-29)10-16-20-23(3,4)26(20,36-19(31)6-8-28)22(14(2)25(16,17)34)35-18(30)5-7-27/h9-10,14,16-17,20,22,29,33-34H,5-8,11-12,27-28H2,1-4H3/t14-,16+,17-,20+,22-,24-,25-,26-/m1/s1. The number of ether oxygens (including phenoxy) is 2. The van der Waals surface area contributed by atoms with Crippen molar-refractivity contribution in [3.05, 3.63) is 23.3 Å². The van der Waals surface area contributed by atoms with Crippen molar-refractivity contribution >= 4 is 17.7 Å². The topological polar surface area (TPSA) is 182 Å². The Morgan fingerprint density at radius 3 is 2.31 bits per heavy atom. The molecule has 0 aliphatic heterocycles. The van der Waals surface area contributed by atoms with E-state index in [2.05, 4.69) is 0 Å². The normalized spacial score (nSPS) is 42.2. The molecule has 0 saturated heterocycles. The van der Waals surface area contributed by atoms with Gasteiger partial charge in [-0.15, -0.1) is 0 Å². The van der Waals surface area contributed by atoms with Crippen molar-refractivity contribution in [2.24, 2.45) is 40.6 Å². The van der Waals surface area contributed by atoms with Gasteiger partial charge in [-0.1, -0.05) is 32.9 Å². The Hall–Kier alpha value is -2.11. The van der Waals surface area contributed by atoms with Gasteiger partial charge in [0, 0.05) is 48.6 Å². The van der Waals surface area contributed by atoms with Crippen molar-refractivity contribution in [3.63, 3.8) is 0 Å². The van der Waals surface area contributed by atoms with Gasteiger partial charge in [-0.3, -0.25) is 14.4 Å². The van der Waals surface area contributed by atoms with E-state index in [1.807, 2.05) is 13.8 Å². The zero-order chi connectivity index (χ0) is 26.8. The van der Waals surface area contributed by atoms with Crippen LogP contribution in [0.15, 0.2) is 23.3 Å². The first-order valence-corrected chi connectivity index (χ1v) is 12.6. The van der Waals surface area contributed by atoms with Crippen LogP contribution in [0.1, 0.15) is 47.0 Å². The minimum atomic E-state index is -1.96. The van der Waals surface area contributed by atoms with Gasteiger partial charge < -0.3 is 36.3 Å². The molecular weight excluding hydrogens is 468 g/mol. The largest absolute Gasteiger partial charge is 0.458 e. The van der Waals surface area contributed by atoms with E-state index < -0.39 is 76.3 Å². The SMILES string of the molecule is CC1=C[C@H]2[C@@]3(O)[C@H](C)[C@@H](OC(=O)CCN)[C@]4(OC(=O)CCN)[C@@H]([C@@H]3C=C(CO)C[C@]2(O)C1=O)C4(C)C. The summed E-state index contributed by atoms with van der Waals surface area (Å²) in [6.45, 7) is 6.74. The molecule has 0 aromatic heterocycles. The average molecular weight is 507 g/mol. The summed E-state index contributed by atoms with van der Waals surface area (Å²) < 4.78 is 12.0. The Kier molecular flexibility index (Phi) is 6.53. The number of hydrogen-bond acceptors (Lipinski definition) is 10. The summed E-state index contributed by atoms with van der Waals surface area (Å²) in [4.78, 5) is 38.6. The summed E-state index contributed by atoms with van der Waals surface area (Å²) >= 11 is 0. The molecule has 2 saturated carbocycles. The first-order valence-electron chi connectivity index (χ1n) is 12.6. The van der Waals surface area contributed by atoms with E-state index >= 15 is 0 Å². The van der Waals surface area contributed by atoms with Crippen LogP contribution >= 0.6 is 0 Å². The van der Waals surface area contributed by atoms with E-state index in [9.17, 15) is 29.7 Å². The number of aliphatic hydroxyl groups is 3. The number of Topliss-reactive ketones (excluding diaryl/α,β-unsaturated/α-hetero) is 1. The molecule has 36 heavy (non-hydrogen) atoms. The second-order valence-corrected chi connectivity index (χ2v) is 11.4. The summed E-state index contributed by atoms with van der Waals surface area (Å²) in [6, 6.07) is 0. The molecule has 4 aliphatic rings. The van der Waals surface area contributed by atoms with E-state index in [0.717, 1.165) is 0 Å². The zero-order valence-electron chi connectivity index (χ0n) is 21.3. The smallest absolute Gasteiger partial charge is 0.307 e. The molecule has 4 aliphatic carbocycles. The lowest BCUT2D eigenvalue weighted by Gasteiger charge is -2.53. The molecule has 0 aromatic carbocycles. The fraction of sp³-hybridized carbons (Fsp3) is 0.731. The molecule has 0 bridgehead atoms. The molecule has 200 valence electrons. The van der Waals surface area contributed by atoms with E-state index in [1.54, 1.807) is 26.0 Å². The van der Waals surface area contributed by atoms with Crippen LogP contribution in [0.5, 0.6) is 0 Å². The number of rotatable bonds is 7. The molecule has 10 heteroatoms. The van der Waals surface area contributed by atoms with Crippen LogP contribution < -0.4 is 11.5 Å². The fourth-order valence-corrected chi connectivity index (χ4v) is 7.50. The highest BCUT2D eigenvalue weighted by Gasteiger charge is 2.87. The average Bonchev–Trinajstić information content (AvgIpc) is 3.23. The quantitative estimate of drug-likeness (QED) is 0.228. The van der Waals surface area contributed by atoms with Gasteiger partial charge in [-0.25, -0.2) is 0 Å². The predicted octanol–water partition coefficient (Wildman–Crippen LogP) is -0.270. The minimum absolute atomic E-state index is 0.0339. The Bertz CT molecular complexity index is 1040. The summed E-state index contributed by atoms with van der Waals surface area (Å²) in [5.74, 6) is -4.79. The van der Waals surface area contributed by atoms with Crippen LogP contribution in [0, 0.1) is 29.1 Å². The summed E-state index contributed by atoms with van der Waals surface area (Å²) in [6.07, 6.45) is 1.98. The van der Waals surface area contributed by atoms with Gasteiger partial charge in [-0.05, 0) is 18.1 Å². The lowest BCUT2D eigenvalue weighted by molar-refractivity contribution is -0.229. The number of hydrogen-bond donors (Lipinski definition) is 5. The first-order chi connectivity index (χ1) is 16.8. The Morgan fingerprint density at radius 2 is 1.72 bits per heavy atom. The molecule has 4 rings (SSSR count). The highest BCUT2D eigenvalue weighted by molar-refractivity contribution is 6.04. The van der Waals surface area contributed by atoms with E-state index in [1.165, 1.54) is 0 Å². The monoisotopic (exact) mass is 506 g/mol. The Morgan fingerprint density at radius 1 is 1.11 bits per heavy atom. The molecule has 7 N–H and O–H groups in total. The highest BCUT2D eigenvalue weighted by Crippen LogP contribution is 2.77. The van der Waals surface area contributed by atoms with Crippen molar-refractivity contribution in [1.82, 2.24) is 0 Å². The number of aliphatic hydroxyl groups excluding tert-OH is 1. The van der Waals surface area contributed by atoms with Gasteiger partial charge in [0.2, 0.25) is 0 Å². The lowest BCUT2D eigenvalue weighted by Crippen LogP contribution is -2.66. The molecule has 0 radical (unpaired) electrons. The van der Waals surface area contributed by atoms with Crippen LogP contribution in [0.3, 0.4) is 0 Å². The summed E-state index contributed by atoms with van der Waals surface area (Å²) in [5.41, 5.74) is 6.13. The Labute approximate surface area is 210 Å². The van der Waals surface area contributed by atoms with Crippen molar-refractivity contribution in [2.75, 3.05) is 19.7 Å². The number of carbonyl (C=O) groups is 3. The maximum absolute atomic E-state index is 13.1. The van der Waals surface area contributed by atoms with Crippen LogP contribution in [-0.4, -0.2) is 75.6 Å². The predicted molar refractivity (Wildman–Crippen MR) is 128 cm³/mol. The maximum Gasteiger partial charge on any atom is 0.307 e. The molecule has 8 atom stereocenters. The van der Waals surface area contributed by atoms with Crippen molar-refractivity contribution < 1.29 is 39.2 Å². The molecule has 0 spiro atoms. The summed E-state index contributed by atoms with van der Waals surface area (Å²) in [7, 11) is 0. The van der Waals surface area contributed by atoms with Crippen LogP contribution in [0.2, 0.25) is 0 Å². The van der Waals surface area contributed by atoms with Gasteiger partial charge in [0.25, 0.3) is 0 Å². The van der Waals surface area contributed by atoms with Crippen molar-refractivity contribution in [3.8, 4) is 0 Å². The molecule has 10 nitrogen and oxygen atoms in total. The third-order valence-electron chi connectivity index (χ3n) is 9.20. The Balaban J connectivity index is 1.92. The third kappa shape index (κ3) is 3.38. The molecule has 0 amide bonds. The maximum atomic E-state index is 13.1. The van der Waals surface area contributed by atoms with E-state index in [4.69, 9.17) is 20.9 Å². The molecule has 0 heterocycles. The number of nitrogens with two attached hydrogens (primary N) is 2. The lowest BCUT2D eigenvalue weighted by atomic mass is 9.59.